The van der Waals surface area contributed by atoms with Crippen molar-refractivity contribution in [3.05, 3.63) is 11.6 Å². The van der Waals surface area contributed by atoms with Crippen LogP contribution in [-0.2, 0) is 12.8 Å². The summed E-state index contributed by atoms with van der Waals surface area (Å²) < 4.78 is 1.90. The Kier molecular flexibility index (Phi) is 2.31. The molecule has 0 radical (unpaired) electrons. The van der Waals surface area contributed by atoms with Crippen molar-refractivity contribution in [2.75, 3.05) is 0 Å². The molecule has 13 heavy (non-hydrogen) atoms. The van der Waals surface area contributed by atoms with Gasteiger partial charge in [0.25, 0.3) is 0 Å². The monoisotopic (exact) mass is 181 g/mol. The molecule has 0 fully saturated rings. The number of aliphatic hydroxyl groups is 1. The van der Waals surface area contributed by atoms with Crippen LogP contribution in [0.25, 0.3) is 0 Å². The van der Waals surface area contributed by atoms with Gasteiger partial charge in [-0.2, -0.15) is 0 Å². The SMILES string of the molecule is CCCc1nnc2n1C(O)CCC2. The summed E-state index contributed by atoms with van der Waals surface area (Å²) in [4.78, 5) is 0. The molecule has 1 aliphatic heterocycles. The fraction of sp³-hybridized carbons (Fsp3) is 0.778. The molecule has 4 nitrogen and oxygen atoms in total. The summed E-state index contributed by atoms with van der Waals surface area (Å²) >= 11 is 0. The summed E-state index contributed by atoms with van der Waals surface area (Å²) in [6, 6.07) is 0. The highest BCUT2D eigenvalue weighted by Crippen LogP contribution is 2.23. The van der Waals surface area contributed by atoms with Gasteiger partial charge in [-0.15, -0.1) is 10.2 Å². The second-order valence-corrected chi connectivity index (χ2v) is 3.53. The predicted molar refractivity (Wildman–Crippen MR) is 48.2 cm³/mol. The van der Waals surface area contributed by atoms with Crippen LogP contribution in [0.5, 0.6) is 0 Å². The minimum atomic E-state index is -0.389. The highest BCUT2D eigenvalue weighted by Gasteiger charge is 2.21. The van der Waals surface area contributed by atoms with E-state index in [0.29, 0.717) is 0 Å². The molecule has 0 bridgehead atoms. The summed E-state index contributed by atoms with van der Waals surface area (Å²) in [6.07, 6.45) is 4.37. The third kappa shape index (κ3) is 1.46. The first-order chi connectivity index (χ1) is 6.33. The Hall–Kier alpha value is -0.900. The van der Waals surface area contributed by atoms with E-state index >= 15 is 0 Å². The van der Waals surface area contributed by atoms with Gasteiger partial charge in [0.2, 0.25) is 0 Å². The summed E-state index contributed by atoms with van der Waals surface area (Å²) in [5.74, 6) is 1.88. The number of hydrogen-bond donors (Lipinski definition) is 1. The van der Waals surface area contributed by atoms with Gasteiger partial charge in [0.15, 0.2) is 0 Å². The zero-order valence-electron chi connectivity index (χ0n) is 7.90. The van der Waals surface area contributed by atoms with Crippen molar-refractivity contribution in [3.8, 4) is 0 Å². The number of aliphatic hydroxyl groups excluding tert-OH is 1. The molecule has 0 amide bonds. The quantitative estimate of drug-likeness (QED) is 0.742. The average Bonchev–Trinajstić information content (AvgIpc) is 2.51. The Balaban J connectivity index is 2.32. The molecule has 0 saturated heterocycles. The first-order valence-electron chi connectivity index (χ1n) is 4.93. The second kappa shape index (κ2) is 3.46. The van der Waals surface area contributed by atoms with Gasteiger partial charge in [-0.1, -0.05) is 6.92 Å². The van der Waals surface area contributed by atoms with E-state index in [2.05, 4.69) is 17.1 Å². The molecule has 72 valence electrons. The first kappa shape index (κ1) is 8.69. The van der Waals surface area contributed by atoms with Crippen LogP contribution in [0.1, 0.15) is 44.1 Å². The fourth-order valence-electron chi connectivity index (χ4n) is 1.84. The molecule has 0 spiro atoms. The van der Waals surface area contributed by atoms with Crippen LogP contribution < -0.4 is 0 Å². The molecular formula is C9H15N3O. The van der Waals surface area contributed by atoms with Gasteiger partial charge in [0.1, 0.15) is 17.9 Å². The van der Waals surface area contributed by atoms with Crippen LogP contribution in [0.3, 0.4) is 0 Å². The maximum atomic E-state index is 9.74. The van der Waals surface area contributed by atoms with Crippen LogP contribution in [0.15, 0.2) is 0 Å². The number of aryl methyl sites for hydroxylation is 2. The minimum absolute atomic E-state index is 0.389. The number of nitrogens with zero attached hydrogens (tertiary/aromatic N) is 3. The van der Waals surface area contributed by atoms with E-state index in [1.165, 1.54) is 0 Å². The summed E-state index contributed by atoms with van der Waals surface area (Å²) in [5, 5.41) is 17.9. The lowest BCUT2D eigenvalue weighted by molar-refractivity contribution is 0.0749. The standard InChI is InChI=1S/C9H15N3O/c1-2-4-7-10-11-8-5-3-6-9(13)12(7)8/h9,13H,2-6H2,1H3. The van der Waals surface area contributed by atoms with E-state index in [1.54, 1.807) is 0 Å². The normalized spacial score (nSPS) is 21.5. The average molecular weight is 181 g/mol. The molecule has 1 aromatic rings. The van der Waals surface area contributed by atoms with Crippen molar-refractivity contribution >= 4 is 0 Å². The topological polar surface area (TPSA) is 50.9 Å². The van der Waals surface area contributed by atoms with Crippen molar-refractivity contribution in [2.24, 2.45) is 0 Å². The van der Waals surface area contributed by atoms with Gasteiger partial charge in [0, 0.05) is 12.8 Å². The van der Waals surface area contributed by atoms with E-state index in [9.17, 15) is 5.11 Å². The Bertz CT molecular complexity index is 295. The minimum Gasteiger partial charge on any atom is -0.373 e. The van der Waals surface area contributed by atoms with Gasteiger partial charge in [-0.05, 0) is 19.3 Å². The molecule has 2 rings (SSSR count). The molecule has 1 aliphatic rings. The van der Waals surface area contributed by atoms with E-state index in [0.717, 1.165) is 43.8 Å². The zero-order chi connectivity index (χ0) is 9.26. The fourth-order valence-corrected chi connectivity index (χ4v) is 1.84. The van der Waals surface area contributed by atoms with Gasteiger partial charge in [-0.3, -0.25) is 4.57 Å². The van der Waals surface area contributed by atoms with Crippen LogP contribution >= 0.6 is 0 Å². The highest BCUT2D eigenvalue weighted by atomic mass is 16.3. The van der Waals surface area contributed by atoms with Crippen molar-refractivity contribution in [3.63, 3.8) is 0 Å². The Morgan fingerprint density at radius 3 is 3.15 bits per heavy atom. The third-order valence-electron chi connectivity index (χ3n) is 2.47. The lowest BCUT2D eigenvalue weighted by atomic mass is 10.1. The number of hydrogen-bond acceptors (Lipinski definition) is 3. The number of rotatable bonds is 2. The van der Waals surface area contributed by atoms with E-state index < -0.39 is 0 Å². The molecule has 1 N–H and O–H groups in total. The van der Waals surface area contributed by atoms with E-state index in [1.807, 2.05) is 4.57 Å². The molecule has 4 heteroatoms. The van der Waals surface area contributed by atoms with Crippen molar-refractivity contribution in [2.45, 2.75) is 45.3 Å². The smallest absolute Gasteiger partial charge is 0.135 e. The van der Waals surface area contributed by atoms with Crippen LogP contribution in [0.4, 0.5) is 0 Å². The highest BCUT2D eigenvalue weighted by molar-refractivity contribution is 5.00. The molecular weight excluding hydrogens is 166 g/mol. The van der Waals surface area contributed by atoms with Crippen molar-refractivity contribution in [1.29, 1.82) is 0 Å². The Morgan fingerprint density at radius 2 is 2.38 bits per heavy atom. The molecule has 0 aromatic carbocycles. The second-order valence-electron chi connectivity index (χ2n) is 3.53. The molecule has 1 aromatic heterocycles. The maximum absolute atomic E-state index is 9.74. The molecule has 1 unspecified atom stereocenters. The maximum Gasteiger partial charge on any atom is 0.135 e. The molecule has 0 saturated carbocycles. The van der Waals surface area contributed by atoms with Crippen molar-refractivity contribution < 1.29 is 5.11 Å². The lowest BCUT2D eigenvalue weighted by Crippen LogP contribution is -2.19. The Labute approximate surface area is 77.6 Å². The van der Waals surface area contributed by atoms with Gasteiger partial charge in [0.05, 0.1) is 0 Å². The molecule has 0 aliphatic carbocycles. The van der Waals surface area contributed by atoms with Gasteiger partial charge in [-0.25, -0.2) is 0 Å². The van der Waals surface area contributed by atoms with E-state index in [-0.39, 0.29) is 6.23 Å². The van der Waals surface area contributed by atoms with Gasteiger partial charge < -0.3 is 5.11 Å². The summed E-state index contributed by atoms with van der Waals surface area (Å²) in [5.41, 5.74) is 0. The van der Waals surface area contributed by atoms with E-state index in [4.69, 9.17) is 0 Å². The van der Waals surface area contributed by atoms with Gasteiger partial charge >= 0.3 is 0 Å². The first-order valence-corrected chi connectivity index (χ1v) is 4.93. The van der Waals surface area contributed by atoms with Crippen LogP contribution in [-0.4, -0.2) is 19.9 Å². The number of fused-ring (bicyclic) bond motifs is 1. The Morgan fingerprint density at radius 1 is 1.54 bits per heavy atom. The van der Waals surface area contributed by atoms with Crippen LogP contribution in [0, 0.1) is 0 Å². The lowest BCUT2D eigenvalue weighted by Gasteiger charge is -2.21. The predicted octanol–water partition coefficient (Wildman–Crippen LogP) is 1.06. The van der Waals surface area contributed by atoms with Crippen molar-refractivity contribution in [1.82, 2.24) is 14.8 Å². The molecule has 1 atom stereocenters. The largest absolute Gasteiger partial charge is 0.373 e. The van der Waals surface area contributed by atoms with Crippen LogP contribution in [0.2, 0.25) is 0 Å². The summed E-state index contributed by atoms with van der Waals surface area (Å²) in [7, 11) is 0. The number of aromatic nitrogens is 3. The third-order valence-corrected chi connectivity index (χ3v) is 2.47. The zero-order valence-corrected chi connectivity index (χ0v) is 7.90. The summed E-state index contributed by atoms with van der Waals surface area (Å²) in [6.45, 7) is 2.11. The molecule has 2 heterocycles.